The summed E-state index contributed by atoms with van der Waals surface area (Å²) in [5, 5.41) is 3.77. The second-order valence-electron chi connectivity index (χ2n) is 8.04. The van der Waals surface area contributed by atoms with Crippen molar-refractivity contribution in [3.8, 4) is 0 Å². The summed E-state index contributed by atoms with van der Waals surface area (Å²) in [6.45, 7) is 9.63. The second kappa shape index (κ2) is 6.52. The van der Waals surface area contributed by atoms with E-state index in [1.54, 1.807) is 0 Å². The zero-order valence-corrected chi connectivity index (χ0v) is 15.6. The summed E-state index contributed by atoms with van der Waals surface area (Å²) in [4.78, 5) is 9.44. The highest BCUT2D eigenvalue weighted by Gasteiger charge is 2.59. The monoisotopic (exact) mass is 342 g/mol. The van der Waals surface area contributed by atoms with Gasteiger partial charge < -0.3 is 19.9 Å². The van der Waals surface area contributed by atoms with Crippen molar-refractivity contribution < 1.29 is 4.74 Å². The second-order valence-corrected chi connectivity index (χ2v) is 8.04. The van der Waals surface area contributed by atoms with Crippen molar-refractivity contribution in [3.05, 3.63) is 30.3 Å². The standard InChI is InChI=1S/C20H30N4O/c1-20(2)17(16-9-14-25-18(16)20)22-19(21-3)24-12-10-23(11-13-24)15-7-5-4-6-8-15/h4-8,16-18H,9-14H2,1-3H3,(H,21,22). The Kier molecular flexibility index (Phi) is 4.36. The van der Waals surface area contributed by atoms with Crippen LogP contribution in [0.2, 0.25) is 0 Å². The van der Waals surface area contributed by atoms with E-state index in [-0.39, 0.29) is 5.41 Å². The predicted molar refractivity (Wildman–Crippen MR) is 102 cm³/mol. The third-order valence-corrected chi connectivity index (χ3v) is 6.30. The molecular weight excluding hydrogens is 312 g/mol. The van der Waals surface area contributed by atoms with E-state index in [1.807, 2.05) is 7.05 Å². The molecule has 0 aromatic heterocycles. The molecule has 136 valence electrons. The molecule has 1 N–H and O–H groups in total. The van der Waals surface area contributed by atoms with Crippen molar-refractivity contribution in [1.29, 1.82) is 0 Å². The third-order valence-electron chi connectivity index (χ3n) is 6.30. The molecule has 5 nitrogen and oxygen atoms in total. The Bertz CT molecular complexity index is 622. The molecule has 2 heterocycles. The molecule has 0 bridgehead atoms. The maximum absolute atomic E-state index is 5.92. The fourth-order valence-electron chi connectivity index (χ4n) is 4.87. The molecule has 4 rings (SSSR count). The number of rotatable bonds is 2. The number of para-hydroxylation sites is 1. The molecule has 0 radical (unpaired) electrons. The number of hydrogen-bond acceptors (Lipinski definition) is 3. The highest BCUT2D eigenvalue weighted by Crippen LogP contribution is 2.52. The lowest BCUT2D eigenvalue weighted by molar-refractivity contribution is -0.107. The van der Waals surface area contributed by atoms with Gasteiger partial charge in [-0.25, -0.2) is 0 Å². The van der Waals surface area contributed by atoms with E-state index in [0.29, 0.717) is 18.1 Å². The Hall–Kier alpha value is -1.75. The van der Waals surface area contributed by atoms with E-state index in [9.17, 15) is 0 Å². The first-order valence-corrected chi connectivity index (χ1v) is 9.51. The Morgan fingerprint density at radius 3 is 2.56 bits per heavy atom. The van der Waals surface area contributed by atoms with Gasteiger partial charge >= 0.3 is 0 Å². The van der Waals surface area contributed by atoms with Crippen molar-refractivity contribution in [1.82, 2.24) is 10.2 Å². The molecule has 3 atom stereocenters. The van der Waals surface area contributed by atoms with Crippen LogP contribution >= 0.6 is 0 Å². The maximum Gasteiger partial charge on any atom is 0.194 e. The van der Waals surface area contributed by atoms with Crippen LogP contribution in [0.3, 0.4) is 0 Å². The molecule has 2 aliphatic heterocycles. The van der Waals surface area contributed by atoms with Crippen LogP contribution in [0.25, 0.3) is 0 Å². The van der Waals surface area contributed by atoms with Gasteiger partial charge in [0.1, 0.15) is 0 Å². The molecular formula is C20H30N4O. The number of fused-ring (bicyclic) bond motifs is 1. The molecule has 3 aliphatic rings. The number of nitrogens with zero attached hydrogens (tertiary/aromatic N) is 3. The lowest BCUT2D eigenvalue weighted by Crippen LogP contribution is -2.68. The first-order chi connectivity index (χ1) is 12.1. The molecule has 2 saturated heterocycles. The number of hydrogen-bond donors (Lipinski definition) is 1. The van der Waals surface area contributed by atoms with Gasteiger partial charge in [-0.15, -0.1) is 0 Å². The van der Waals surface area contributed by atoms with Crippen molar-refractivity contribution in [3.63, 3.8) is 0 Å². The molecule has 3 unspecified atom stereocenters. The van der Waals surface area contributed by atoms with Crippen LogP contribution in [-0.4, -0.2) is 62.8 Å². The molecule has 1 saturated carbocycles. The first kappa shape index (κ1) is 16.7. The van der Waals surface area contributed by atoms with Crippen LogP contribution in [0, 0.1) is 11.3 Å². The molecule has 3 fully saturated rings. The van der Waals surface area contributed by atoms with Gasteiger partial charge in [0.05, 0.1) is 6.10 Å². The number of benzene rings is 1. The molecule has 5 heteroatoms. The summed E-state index contributed by atoms with van der Waals surface area (Å²) < 4.78 is 5.92. The topological polar surface area (TPSA) is 40.1 Å². The maximum atomic E-state index is 5.92. The largest absolute Gasteiger partial charge is 0.377 e. The van der Waals surface area contributed by atoms with Crippen molar-refractivity contribution >= 4 is 11.6 Å². The SMILES string of the molecule is CN=C(NC1C2CCOC2C1(C)C)N1CCN(c2ccccc2)CC1. The van der Waals surface area contributed by atoms with Crippen LogP contribution < -0.4 is 10.2 Å². The van der Waals surface area contributed by atoms with Gasteiger partial charge in [0.15, 0.2) is 5.96 Å². The van der Waals surface area contributed by atoms with E-state index in [0.717, 1.165) is 38.7 Å². The van der Waals surface area contributed by atoms with Gasteiger partial charge in [0.25, 0.3) is 0 Å². The third kappa shape index (κ3) is 2.88. The van der Waals surface area contributed by atoms with E-state index in [4.69, 9.17) is 4.74 Å². The fraction of sp³-hybridized carbons (Fsp3) is 0.650. The summed E-state index contributed by atoms with van der Waals surface area (Å²) in [5.41, 5.74) is 1.50. The zero-order valence-electron chi connectivity index (χ0n) is 15.6. The molecule has 25 heavy (non-hydrogen) atoms. The summed E-state index contributed by atoms with van der Waals surface area (Å²) in [6, 6.07) is 11.2. The van der Waals surface area contributed by atoms with Gasteiger partial charge in [-0.3, -0.25) is 4.99 Å². The fourth-order valence-corrected chi connectivity index (χ4v) is 4.87. The number of nitrogens with one attached hydrogen (secondary N) is 1. The van der Waals surface area contributed by atoms with Crippen molar-refractivity contribution in [2.45, 2.75) is 32.4 Å². The Balaban J connectivity index is 1.37. The van der Waals surface area contributed by atoms with Gasteiger partial charge in [-0.1, -0.05) is 32.0 Å². The van der Waals surface area contributed by atoms with Gasteiger partial charge in [-0.05, 0) is 18.6 Å². The summed E-state index contributed by atoms with van der Waals surface area (Å²) in [7, 11) is 1.90. The quantitative estimate of drug-likeness (QED) is 0.661. The summed E-state index contributed by atoms with van der Waals surface area (Å²) >= 11 is 0. The van der Waals surface area contributed by atoms with Gasteiger partial charge in [0, 0.05) is 62.9 Å². The molecule has 0 spiro atoms. The highest BCUT2D eigenvalue weighted by atomic mass is 16.5. The molecule has 0 amide bonds. The highest BCUT2D eigenvalue weighted by molar-refractivity contribution is 5.81. The van der Waals surface area contributed by atoms with Crippen molar-refractivity contribution in [2.24, 2.45) is 16.3 Å². The smallest absolute Gasteiger partial charge is 0.194 e. The predicted octanol–water partition coefficient (Wildman–Crippen LogP) is 2.20. The lowest BCUT2D eigenvalue weighted by atomic mass is 9.57. The van der Waals surface area contributed by atoms with E-state index in [2.05, 4.69) is 64.3 Å². The minimum Gasteiger partial charge on any atom is -0.377 e. The minimum absolute atomic E-state index is 0.183. The lowest BCUT2D eigenvalue weighted by Gasteiger charge is -2.55. The van der Waals surface area contributed by atoms with E-state index in [1.165, 1.54) is 12.1 Å². The minimum atomic E-state index is 0.183. The normalized spacial score (nSPS) is 31.5. The van der Waals surface area contributed by atoms with Gasteiger partial charge in [0.2, 0.25) is 0 Å². The zero-order chi connectivity index (χ0) is 17.4. The summed E-state index contributed by atoms with van der Waals surface area (Å²) in [6.07, 6.45) is 1.59. The average Bonchev–Trinajstić information content (AvgIpc) is 3.11. The Morgan fingerprint density at radius 1 is 1.16 bits per heavy atom. The molecule has 1 aromatic carbocycles. The van der Waals surface area contributed by atoms with Crippen molar-refractivity contribution in [2.75, 3.05) is 44.7 Å². The average molecular weight is 342 g/mol. The summed E-state index contributed by atoms with van der Waals surface area (Å²) in [5.74, 6) is 1.69. The van der Waals surface area contributed by atoms with Gasteiger partial charge in [-0.2, -0.15) is 0 Å². The van der Waals surface area contributed by atoms with Crippen LogP contribution in [-0.2, 0) is 4.74 Å². The van der Waals surface area contributed by atoms with Crippen LogP contribution in [0.15, 0.2) is 35.3 Å². The van der Waals surface area contributed by atoms with E-state index < -0.39 is 0 Å². The number of anilines is 1. The Morgan fingerprint density at radius 2 is 1.88 bits per heavy atom. The molecule has 1 aromatic rings. The Labute approximate surface area is 151 Å². The van der Waals surface area contributed by atoms with Crippen LogP contribution in [0.1, 0.15) is 20.3 Å². The van der Waals surface area contributed by atoms with Crippen LogP contribution in [0.5, 0.6) is 0 Å². The number of ether oxygens (including phenoxy) is 1. The first-order valence-electron chi connectivity index (χ1n) is 9.51. The number of piperazine rings is 1. The van der Waals surface area contributed by atoms with Crippen LogP contribution in [0.4, 0.5) is 5.69 Å². The number of guanidine groups is 1. The molecule has 1 aliphatic carbocycles. The van der Waals surface area contributed by atoms with E-state index >= 15 is 0 Å². The number of aliphatic imine (C=N–C) groups is 1.